The van der Waals surface area contributed by atoms with E-state index in [1.54, 1.807) is 0 Å². The normalized spacial score (nSPS) is 28.4. The third-order valence-electron chi connectivity index (χ3n) is 4.84. The third-order valence-corrected chi connectivity index (χ3v) is 5.82. The molecule has 1 spiro atoms. The second-order valence-corrected chi connectivity index (χ2v) is 7.39. The van der Waals surface area contributed by atoms with Gasteiger partial charge in [0, 0.05) is 12.6 Å². The lowest BCUT2D eigenvalue weighted by atomic mass is 9.77. The third kappa shape index (κ3) is 4.35. The summed E-state index contributed by atoms with van der Waals surface area (Å²) in [7, 11) is 0. The molecule has 2 unspecified atom stereocenters. The van der Waals surface area contributed by atoms with Crippen LogP contribution in [0.1, 0.15) is 58.3 Å². The number of hydrazine groups is 1. The van der Waals surface area contributed by atoms with Crippen LogP contribution >= 0.6 is 11.8 Å². The van der Waals surface area contributed by atoms with Gasteiger partial charge in [-0.15, -0.1) is 0 Å². The summed E-state index contributed by atoms with van der Waals surface area (Å²) in [6, 6.07) is 0.488. The molecule has 0 aromatic carbocycles. The Balaban J connectivity index is 1.87. The molecular formula is C15H30N2OS. The second-order valence-electron chi connectivity index (χ2n) is 6.17. The van der Waals surface area contributed by atoms with Gasteiger partial charge in [-0.1, -0.05) is 26.2 Å². The minimum atomic E-state index is 0.189. The molecule has 2 atom stereocenters. The quantitative estimate of drug-likeness (QED) is 0.447. The highest BCUT2D eigenvalue weighted by Gasteiger charge is 2.40. The fourth-order valence-corrected chi connectivity index (χ4v) is 4.81. The van der Waals surface area contributed by atoms with E-state index in [-0.39, 0.29) is 5.60 Å². The molecule has 2 aliphatic rings. The van der Waals surface area contributed by atoms with Gasteiger partial charge in [-0.3, -0.25) is 11.3 Å². The van der Waals surface area contributed by atoms with Crippen LogP contribution in [0.3, 0.4) is 0 Å². The molecule has 3 nitrogen and oxygen atoms in total. The van der Waals surface area contributed by atoms with Crippen LogP contribution in [0.5, 0.6) is 0 Å². The summed E-state index contributed by atoms with van der Waals surface area (Å²) < 4.78 is 6.18. The van der Waals surface area contributed by atoms with Crippen molar-refractivity contribution in [2.45, 2.75) is 69.9 Å². The Kier molecular flexibility index (Phi) is 6.46. The topological polar surface area (TPSA) is 47.3 Å². The largest absolute Gasteiger partial charge is 0.375 e. The van der Waals surface area contributed by atoms with Crippen LogP contribution < -0.4 is 11.3 Å². The summed E-state index contributed by atoms with van der Waals surface area (Å²) in [5, 5.41) is 0. The Morgan fingerprint density at radius 1 is 1.37 bits per heavy atom. The van der Waals surface area contributed by atoms with Crippen molar-refractivity contribution in [2.24, 2.45) is 11.8 Å². The maximum atomic E-state index is 6.18. The molecule has 2 saturated heterocycles. The Labute approximate surface area is 122 Å². The summed E-state index contributed by atoms with van der Waals surface area (Å²) in [4.78, 5) is 0. The molecule has 2 heterocycles. The van der Waals surface area contributed by atoms with Crippen molar-refractivity contribution >= 4 is 11.8 Å². The fourth-order valence-electron chi connectivity index (χ4n) is 3.57. The van der Waals surface area contributed by atoms with Crippen LogP contribution in [-0.2, 0) is 4.74 Å². The minimum absolute atomic E-state index is 0.189. The molecule has 0 aliphatic carbocycles. The van der Waals surface area contributed by atoms with Crippen LogP contribution in [0, 0.1) is 5.92 Å². The first kappa shape index (κ1) is 15.6. The molecule has 19 heavy (non-hydrogen) atoms. The molecule has 0 bridgehead atoms. The van der Waals surface area contributed by atoms with E-state index in [4.69, 9.17) is 10.6 Å². The Bertz CT molecular complexity index is 251. The number of thioether (sulfide) groups is 1. The molecule has 0 amide bonds. The van der Waals surface area contributed by atoms with Gasteiger partial charge >= 0.3 is 0 Å². The molecule has 0 aromatic heterocycles. The first-order chi connectivity index (χ1) is 9.29. The summed E-state index contributed by atoms with van der Waals surface area (Å²) >= 11 is 2.07. The molecule has 2 aliphatic heterocycles. The maximum Gasteiger partial charge on any atom is 0.0701 e. The number of nitrogens with one attached hydrogen (secondary N) is 1. The van der Waals surface area contributed by atoms with Crippen molar-refractivity contribution in [3.05, 3.63) is 0 Å². The number of hydrogen-bond donors (Lipinski definition) is 2. The van der Waals surface area contributed by atoms with Gasteiger partial charge in [0.1, 0.15) is 0 Å². The fraction of sp³-hybridized carbons (Fsp3) is 1.00. The zero-order valence-electron chi connectivity index (χ0n) is 12.3. The van der Waals surface area contributed by atoms with Crippen molar-refractivity contribution in [1.29, 1.82) is 0 Å². The zero-order valence-corrected chi connectivity index (χ0v) is 13.1. The van der Waals surface area contributed by atoms with Crippen LogP contribution in [0.2, 0.25) is 0 Å². The molecule has 0 aromatic rings. The lowest BCUT2D eigenvalue weighted by Crippen LogP contribution is -2.50. The van der Waals surface area contributed by atoms with E-state index in [9.17, 15) is 0 Å². The minimum Gasteiger partial charge on any atom is -0.375 e. The molecule has 112 valence electrons. The average molecular weight is 286 g/mol. The summed E-state index contributed by atoms with van der Waals surface area (Å²) in [6.07, 6.45) is 9.99. The van der Waals surface area contributed by atoms with E-state index in [2.05, 4.69) is 24.1 Å². The van der Waals surface area contributed by atoms with Crippen molar-refractivity contribution in [1.82, 2.24) is 5.43 Å². The number of hydrogen-bond acceptors (Lipinski definition) is 4. The monoisotopic (exact) mass is 286 g/mol. The van der Waals surface area contributed by atoms with Crippen LogP contribution in [-0.4, -0.2) is 29.8 Å². The molecule has 2 rings (SSSR count). The Morgan fingerprint density at radius 2 is 2.16 bits per heavy atom. The highest BCUT2D eigenvalue weighted by Crippen LogP contribution is 2.41. The number of nitrogens with two attached hydrogens (primary N) is 1. The smallest absolute Gasteiger partial charge is 0.0701 e. The van der Waals surface area contributed by atoms with E-state index < -0.39 is 0 Å². The van der Waals surface area contributed by atoms with Gasteiger partial charge in [-0.05, 0) is 49.5 Å². The predicted molar refractivity (Wildman–Crippen MR) is 83.2 cm³/mol. The van der Waals surface area contributed by atoms with Gasteiger partial charge in [0.05, 0.1) is 5.60 Å². The van der Waals surface area contributed by atoms with Crippen LogP contribution in [0.25, 0.3) is 0 Å². The average Bonchev–Trinajstić information content (AvgIpc) is 2.44. The number of ether oxygens (including phenoxy) is 1. The van der Waals surface area contributed by atoms with E-state index in [0.29, 0.717) is 12.0 Å². The van der Waals surface area contributed by atoms with E-state index >= 15 is 0 Å². The van der Waals surface area contributed by atoms with Gasteiger partial charge in [-0.25, -0.2) is 0 Å². The van der Waals surface area contributed by atoms with E-state index in [1.165, 1.54) is 62.9 Å². The van der Waals surface area contributed by atoms with Gasteiger partial charge in [0.25, 0.3) is 0 Å². The summed E-state index contributed by atoms with van der Waals surface area (Å²) in [5.74, 6) is 9.05. The molecule has 2 fully saturated rings. The van der Waals surface area contributed by atoms with Gasteiger partial charge in [0.15, 0.2) is 0 Å². The number of rotatable bonds is 6. The van der Waals surface area contributed by atoms with E-state index in [1.807, 2.05) is 0 Å². The van der Waals surface area contributed by atoms with Crippen LogP contribution in [0.15, 0.2) is 0 Å². The summed E-state index contributed by atoms with van der Waals surface area (Å²) in [6.45, 7) is 3.19. The molecule has 4 heteroatoms. The molecule has 3 N–H and O–H groups in total. The van der Waals surface area contributed by atoms with Crippen LogP contribution in [0.4, 0.5) is 0 Å². The van der Waals surface area contributed by atoms with Gasteiger partial charge < -0.3 is 4.74 Å². The molecular weight excluding hydrogens is 256 g/mol. The zero-order chi connectivity index (χ0) is 13.6. The second kappa shape index (κ2) is 7.87. The van der Waals surface area contributed by atoms with Crippen molar-refractivity contribution in [3.63, 3.8) is 0 Å². The summed E-state index contributed by atoms with van der Waals surface area (Å²) in [5.41, 5.74) is 3.28. The first-order valence-electron chi connectivity index (χ1n) is 7.97. The maximum absolute atomic E-state index is 6.18. The van der Waals surface area contributed by atoms with Crippen molar-refractivity contribution < 1.29 is 4.74 Å². The highest BCUT2D eigenvalue weighted by molar-refractivity contribution is 7.99. The number of unbranched alkanes of at least 4 members (excludes halogenated alkanes) is 2. The SMILES string of the molecule is CCCCCC(NN)C1CCOC2(CCSCC2)C1. The lowest BCUT2D eigenvalue weighted by molar-refractivity contribution is -0.107. The van der Waals surface area contributed by atoms with Crippen molar-refractivity contribution in [2.75, 3.05) is 18.1 Å². The predicted octanol–water partition coefficient (Wildman–Crippen LogP) is 3.09. The Morgan fingerprint density at radius 3 is 2.84 bits per heavy atom. The van der Waals surface area contributed by atoms with Gasteiger partial charge in [-0.2, -0.15) is 11.8 Å². The highest BCUT2D eigenvalue weighted by atomic mass is 32.2. The van der Waals surface area contributed by atoms with Crippen molar-refractivity contribution in [3.8, 4) is 0 Å². The standard InChI is InChI=1S/C15H30N2OS/c1-2-3-4-5-14(17-16)13-6-9-18-15(12-13)7-10-19-11-8-15/h13-14,17H,2-12,16H2,1H3. The van der Waals surface area contributed by atoms with Gasteiger partial charge in [0.2, 0.25) is 0 Å². The van der Waals surface area contributed by atoms with E-state index in [0.717, 1.165) is 6.61 Å². The Hall–Kier alpha value is 0.230. The lowest BCUT2D eigenvalue weighted by Gasteiger charge is -2.45. The molecule has 0 saturated carbocycles. The molecule has 0 radical (unpaired) electrons. The first-order valence-corrected chi connectivity index (χ1v) is 9.13.